The van der Waals surface area contributed by atoms with Gasteiger partial charge >= 0.3 is 0 Å². The first kappa shape index (κ1) is 13.9. The number of nitrogens with one attached hydrogen (secondary N) is 1. The molecular formula is C17H13N7O. The van der Waals surface area contributed by atoms with Crippen molar-refractivity contribution in [3.8, 4) is 6.07 Å². The number of nitrogens with zero attached hydrogens (tertiary/aromatic N) is 6. The molecular weight excluding hydrogens is 318 g/mol. The summed E-state index contributed by atoms with van der Waals surface area (Å²) >= 11 is 0. The van der Waals surface area contributed by atoms with Crippen LogP contribution in [0.15, 0.2) is 43.0 Å². The number of nitriles is 1. The lowest BCUT2D eigenvalue weighted by Crippen LogP contribution is -2.42. The maximum absolute atomic E-state index is 12.9. The van der Waals surface area contributed by atoms with Crippen LogP contribution in [0.2, 0.25) is 0 Å². The molecule has 5 rings (SSSR count). The van der Waals surface area contributed by atoms with Gasteiger partial charge in [-0.15, -0.1) is 10.2 Å². The highest BCUT2D eigenvalue weighted by Gasteiger charge is 2.58. The predicted molar refractivity (Wildman–Crippen MR) is 88.8 cm³/mol. The van der Waals surface area contributed by atoms with E-state index in [0.717, 1.165) is 11.3 Å². The van der Waals surface area contributed by atoms with Gasteiger partial charge in [-0.3, -0.25) is 9.20 Å². The van der Waals surface area contributed by atoms with Crippen molar-refractivity contribution in [3.05, 3.63) is 48.5 Å². The van der Waals surface area contributed by atoms with E-state index in [4.69, 9.17) is 0 Å². The van der Waals surface area contributed by atoms with Gasteiger partial charge in [-0.2, -0.15) is 5.26 Å². The van der Waals surface area contributed by atoms with Gasteiger partial charge in [0, 0.05) is 31.2 Å². The lowest BCUT2D eigenvalue weighted by Gasteiger charge is -2.24. The van der Waals surface area contributed by atoms with Crippen molar-refractivity contribution in [2.24, 2.45) is 5.92 Å². The quantitative estimate of drug-likeness (QED) is 0.713. The van der Waals surface area contributed by atoms with Crippen LogP contribution in [0.4, 0.5) is 11.5 Å². The molecule has 1 spiro atoms. The fourth-order valence-corrected chi connectivity index (χ4v) is 3.97. The predicted octanol–water partition coefficient (Wildman–Crippen LogP) is 0.974. The minimum atomic E-state index is -0.889. The van der Waals surface area contributed by atoms with Gasteiger partial charge in [0.2, 0.25) is 11.6 Å². The zero-order valence-electron chi connectivity index (χ0n) is 13.1. The first-order valence-electron chi connectivity index (χ1n) is 7.94. The molecule has 8 heteroatoms. The number of amides is 1. The van der Waals surface area contributed by atoms with Crippen LogP contribution in [0, 0.1) is 17.2 Å². The molecule has 4 heterocycles. The Kier molecular flexibility index (Phi) is 2.65. The van der Waals surface area contributed by atoms with Gasteiger partial charge < -0.3 is 10.2 Å². The molecule has 1 N–H and O–H groups in total. The van der Waals surface area contributed by atoms with Crippen molar-refractivity contribution < 1.29 is 4.79 Å². The van der Waals surface area contributed by atoms with Crippen molar-refractivity contribution in [1.82, 2.24) is 19.6 Å². The van der Waals surface area contributed by atoms with Crippen LogP contribution in [-0.2, 0) is 10.2 Å². The number of carbonyl (C=O) groups excluding carboxylic acids is 1. The fourth-order valence-electron chi connectivity index (χ4n) is 3.97. The molecule has 1 saturated heterocycles. The minimum Gasteiger partial charge on any atom is -0.351 e. The Bertz CT molecular complexity index is 1050. The molecule has 3 aromatic rings. The van der Waals surface area contributed by atoms with Crippen molar-refractivity contribution in [2.75, 3.05) is 23.3 Å². The second kappa shape index (κ2) is 4.77. The fraction of sp³-hybridized carbons (Fsp3) is 0.235. The smallest absolute Gasteiger partial charge is 0.238 e. The summed E-state index contributed by atoms with van der Waals surface area (Å²) in [6.45, 7) is 0.797. The number of benzene rings is 1. The van der Waals surface area contributed by atoms with E-state index in [9.17, 15) is 10.1 Å². The molecule has 2 aromatic heterocycles. The molecule has 1 fully saturated rings. The van der Waals surface area contributed by atoms with E-state index in [0.29, 0.717) is 24.6 Å². The second-order valence-electron chi connectivity index (χ2n) is 6.35. The number of hydrogen-bond acceptors (Lipinski definition) is 6. The number of para-hydroxylation sites is 1. The van der Waals surface area contributed by atoms with Crippen LogP contribution in [-0.4, -0.2) is 38.6 Å². The molecule has 0 aliphatic carbocycles. The van der Waals surface area contributed by atoms with Gasteiger partial charge in [-0.25, -0.2) is 4.98 Å². The monoisotopic (exact) mass is 331 g/mol. The molecule has 8 nitrogen and oxygen atoms in total. The highest BCUT2D eigenvalue weighted by atomic mass is 16.2. The number of anilines is 2. The highest BCUT2D eigenvalue weighted by molar-refractivity contribution is 6.07. The van der Waals surface area contributed by atoms with Crippen molar-refractivity contribution in [1.29, 1.82) is 5.26 Å². The Morgan fingerprint density at radius 1 is 1.36 bits per heavy atom. The number of fused-ring (bicyclic) bond motifs is 3. The maximum atomic E-state index is 12.9. The molecule has 0 radical (unpaired) electrons. The summed E-state index contributed by atoms with van der Waals surface area (Å²) in [6, 6.07) is 9.91. The average Bonchev–Trinajstić information content (AvgIpc) is 3.33. The molecule has 2 aliphatic rings. The van der Waals surface area contributed by atoms with Crippen LogP contribution in [0.25, 0.3) is 5.65 Å². The van der Waals surface area contributed by atoms with Crippen LogP contribution >= 0.6 is 0 Å². The number of carbonyl (C=O) groups is 1. The zero-order chi connectivity index (χ0) is 17.0. The van der Waals surface area contributed by atoms with Crippen molar-refractivity contribution >= 4 is 23.1 Å². The molecule has 2 aliphatic heterocycles. The van der Waals surface area contributed by atoms with E-state index >= 15 is 0 Å². The largest absolute Gasteiger partial charge is 0.351 e. The summed E-state index contributed by atoms with van der Waals surface area (Å²) in [5.74, 6) is 0.0339. The first-order chi connectivity index (χ1) is 12.2. The van der Waals surface area contributed by atoms with Crippen LogP contribution < -0.4 is 10.2 Å². The Morgan fingerprint density at radius 2 is 2.24 bits per heavy atom. The summed E-state index contributed by atoms with van der Waals surface area (Å²) < 4.78 is 1.78. The molecule has 0 saturated carbocycles. The minimum absolute atomic E-state index is 0.129. The third-order valence-electron chi connectivity index (χ3n) is 5.15. The van der Waals surface area contributed by atoms with Crippen LogP contribution in [0.5, 0.6) is 0 Å². The lowest BCUT2D eigenvalue weighted by molar-refractivity contribution is -0.120. The number of aromatic nitrogens is 4. The standard InChI is InChI=1S/C17H13N7O/c18-7-11-8-24(14-15-22-20-10-23(15)6-5-19-14)9-17(11)12-3-1-2-4-13(12)21-16(17)25/h1-6,10-11H,8-9H2,(H,21,25)/t11-,17-/m1/s1. The third kappa shape index (κ3) is 1.69. The van der Waals surface area contributed by atoms with E-state index in [-0.39, 0.29) is 5.91 Å². The summed E-state index contributed by atoms with van der Waals surface area (Å²) in [4.78, 5) is 19.3. The zero-order valence-corrected chi connectivity index (χ0v) is 13.1. The molecule has 0 unspecified atom stereocenters. The van der Waals surface area contributed by atoms with E-state index in [2.05, 4.69) is 26.6 Å². The normalized spacial score (nSPS) is 24.5. The Labute approximate surface area is 142 Å². The molecule has 2 atom stereocenters. The molecule has 1 amide bonds. The van der Waals surface area contributed by atoms with E-state index in [1.165, 1.54) is 0 Å². The number of rotatable bonds is 1. The summed E-state index contributed by atoms with van der Waals surface area (Å²) in [6.07, 6.45) is 5.04. The van der Waals surface area contributed by atoms with Gasteiger partial charge in [-0.1, -0.05) is 18.2 Å². The van der Waals surface area contributed by atoms with Crippen LogP contribution in [0.1, 0.15) is 5.56 Å². The Balaban J connectivity index is 1.66. The topological polar surface area (TPSA) is 99.2 Å². The second-order valence-corrected chi connectivity index (χ2v) is 6.35. The summed E-state index contributed by atoms with van der Waals surface area (Å²) in [5.41, 5.74) is 1.38. The van der Waals surface area contributed by atoms with E-state index in [1.54, 1.807) is 23.1 Å². The third-order valence-corrected chi connectivity index (χ3v) is 5.15. The van der Waals surface area contributed by atoms with Gasteiger partial charge in [-0.05, 0) is 11.6 Å². The Hall–Kier alpha value is -3.47. The highest BCUT2D eigenvalue weighted by Crippen LogP contribution is 2.48. The SMILES string of the molecule is N#C[C@@H]1CN(c2nccn3cnnc23)C[C@@]12C(=O)Nc1ccccc12. The maximum Gasteiger partial charge on any atom is 0.238 e. The molecule has 1 aromatic carbocycles. The summed E-state index contributed by atoms with van der Waals surface area (Å²) in [7, 11) is 0. The average molecular weight is 331 g/mol. The van der Waals surface area contributed by atoms with Crippen LogP contribution in [0.3, 0.4) is 0 Å². The molecule has 0 bridgehead atoms. The van der Waals surface area contributed by atoms with E-state index < -0.39 is 11.3 Å². The first-order valence-corrected chi connectivity index (χ1v) is 7.94. The van der Waals surface area contributed by atoms with Crippen molar-refractivity contribution in [2.45, 2.75) is 5.41 Å². The summed E-state index contributed by atoms with van der Waals surface area (Å²) in [5, 5.41) is 20.7. The van der Waals surface area contributed by atoms with E-state index in [1.807, 2.05) is 29.2 Å². The van der Waals surface area contributed by atoms with Gasteiger partial charge in [0.1, 0.15) is 11.7 Å². The lowest BCUT2D eigenvalue weighted by atomic mass is 9.74. The van der Waals surface area contributed by atoms with Gasteiger partial charge in [0.15, 0.2) is 5.82 Å². The molecule has 122 valence electrons. The number of hydrogen-bond donors (Lipinski definition) is 1. The Morgan fingerprint density at radius 3 is 3.12 bits per heavy atom. The van der Waals surface area contributed by atoms with Gasteiger partial charge in [0.05, 0.1) is 12.0 Å². The van der Waals surface area contributed by atoms with Crippen molar-refractivity contribution in [3.63, 3.8) is 0 Å². The van der Waals surface area contributed by atoms with Gasteiger partial charge in [0.25, 0.3) is 0 Å². The molecule has 25 heavy (non-hydrogen) atoms.